The van der Waals surface area contributed by atoms with Gasteiger partial charge in [0, 0.05) is 57.4 Å². The molecule has 2 aliphatic rings. The van der Waals surface area contributed by atoms with Gasteiger partial charge >= 0.3 is 6.09 Å². The van der Waals surface area contributed by atoms with Crippen molar-refractivity contribution in [3.05, 3.63) is 124 Å². The number of carbonyl (C=O) groups excluding carboxylic acids is 2. The van der Waals surface area contributed by atoms with Gasteiger partial charge in [0.2, 0.25) is 5.91 Å². The molecule has 2 amide bonds. The molecule has 0 aromatic heterocycles. The van der Waals surface area contributed by atoms with Gasteiger partial charge < -0.3 is 19.4 Å². The maximum absolute atomic E-state index is 13.3. The van der Waals surface area contributed by atoms with E-state index in [-0.39, 0.29) is 30.3 Å². The van der Waals surface area contributed by atoms with Crippen LogP contribution in [0.5, 0.6) is 0 Å². The van der Waals surface area contributed by atoms with E-state index in [4.69, 9.17) is 4.74 Å². The molecular formula is C37H44N4O5. The van der Waals surface area contributed by atoms with Crippen LogP contribution < -0.4 is 0 Å². The Kier molecular flexibility index (Phi) is 11.2. The van der Waals surface area contributed by atoms with E-state index in [9.17, 15) is 19.7 Å². The van der Waals surface area contributed by atoms with Crippen LogP contribution in [0.15, 0.2) is 97.6 Å². The van der Waals surface area contributed by atoms with Gasteiger partial charge in [-0.15, -0.1) is 6.58 Å². The lowest BCUT2D eigenvalue weighted by molar-refractivity contribution is -0.384. The maximum Gasteiger partial charge on any atom is 0.410 e. The molecule has 5 rings (SSSR count). The molecule has 1 saturated heterocycles. The van der Waals surface area contributed by atoms with E-state index in [0.29, 0.717) is 30.4 Å². The lowest BCUT2D eigenvalue weighted by Gasteiger charge is -2.39. The monoisotopic (exact) mass is 624 g/mol. The number of amides is 2. The van der Waals surface area contributed by atoms with E-state index in [1.165, 1.54) is 17.7 Å². The van der Waals surface area contributed by atoms with Crippen LogP contribution in [-0.2, 0) is 22.6 Å². The van der Waals surface area contributed by atoms with Crippen LogP contribution in [0.1, 0.15) is 48.3 Å². The number of likely N-dealkylation sites (tertiary alicyclic amines) is 1. The highest BCUT2D eigenvalue weighted by molar-refractivity contribution is 5.78. The summed E-state index contributed by atoms with van der Waals surface area (Å²) in [6.45, 7) is 7.00. The maximum atomic E-state index is 13.3. The second-order valence-corrected chi connectivity index (χ2v) is 12.5. The summed E-state index contributed by atoms with van der Waals surface area (Å²) < 4.78 is 5.61. The molecule has 9 heteroatoms. The summed E-state index contributed by atoms with van der Waals surface area (Å²) in [6.07, 6.45) is 5.33. The third-order valence-corrected chi connectivity index (χ3v) is 9.60. The van der Waals surface area contributed by atoms with E-state index < -0.39 is 11.0 Å². The fraction of sp³-hybridized carbons (Fsp3) is 0.405. The number of rotatable bonds is 12. The highest BCUT2D eigenvalue weighted by atomic mass is 16.6. The van der Waals surface area contributed by atoms with Crippen LogP contribution in [-0.4, -0.2) is 76.9 Å². The Morgan fingerprint density at radius 1 is 0.935 bits per heavy atom. The molecule has 0 radical (unpaired) electrons. The number of hydrogen-bond donors (Lipinski definition) is 0. The van der Waals surface area contributed by atoms with E-state index in [1.54, 1.807) is 23.1 Å². The SMILES string of the molecule is C=CCN(C(=O)OCc1ccc([N+](=O)[O-])cc1)C1CCN(CC2CC(N(C)C(=O)Cc3ccccc3)CC2c2ccccc2)CC1. The summed E-state index contributed by atoms with van der Waals surface area (Å²) in [4.78, 5) is 43.1. The molecule has 0 spiro atoms. The molecule has 2 fully saturated rings. The molecule has 3 atom stereocenters. The van der Waals surface area contributed by atoms with Crippen molar-refractivity contribution < 1.29 is 19.2 Å². The first-order valence-corrected chi connectivity index (χ1v) is 16.2. The minimum atomic E-state index is -0.451. The van der Waals surface area contributed by atoms with Crippen molar-refractivity contribution in [2.45, 2.75) is 56.7 Å². The number of non-ortho nitro benzene ring substituents is 1. The van der Waals surface area contributed by atoms with Gasteiger partial charge in [0.15, 0.2) is 0 Å². The first-order chi connectivity index (χ1) is 22.3. The van der Waals surface area contributed by atoms with Crippen LogP contribution in [0.4, 0.5) is 10.5 Å². The Balaban J connectivity index is 1.17. The van der Waals surface area contributed by atoms with Gasteiger partial charge in [-0.2, -0.15) is 0 Å². The lowest BCUT2D eigenvalue weighted by atomic mass is 9.88. The minimum absolute atomic E-state index is 0.00176. The van der Waals surface area contributed by atoms with E-state index in [2.05, 4.69) is 41.8 Å². The molecule has 9 nitrogen and oxygen atoms in total. The first-order valence-electron chi connectivity index (χ1n) is 16.2. The molecule has 1 heterocycles. The van der Waals surface area contributed by atoms with Crippen molar-refractivity contribution in [1.82, 2.24) is 14.7 Å². The molecule has 1 saturated carbocycles. The Morgan fingerprint density at radius 3 is 2.22 bits per heavy atom. The number of ether oxygens (including phenoxy) is 1. The van der Waals surface area contributed by atoms with Crippen molar-refractivity contribution in [2.24, 2.45) is 5.92 Å². The number of benzene rings is 3. The number of nitrogens with zero attached hydrogens (tertiary/aromatic N) is 4. The number of piperidine rings is 1. The highest BCUT2D eigenvalue weighted by Crippen LogP contribution is 2.42. The Bertz CT molecular complexity index is 1460. The minimum Gasteiger partial charge on any atom is -0.445 e. The smallest absolute Gasteiger partial charge is 0.410 e. The van der Waals surface area contributed by atoms with Crippen molar-refractivity contribution >= 4 is 17.7 Å². The predicted molar refractivity (Wildman–Crippen MR) is 178 cm³/mol. The predicted octanol–water partition coefficient (Wildman–Crippen LogP) is 6.45. The number of nitro groups is 1. The van der Waals surface area contributed by atoms with Crippen molar-refractivity contribution in [3.63, 3.8) is 0 Å². The third-order valence-electron chi connectivity index (χ3n) is 9.60. The average Bonchev–Trinajstić information content (AvgIpc) is 3.50. The third kappa shape index (κ3) is 8.40. The normalized spacial score (nSPS) is 20.2. The Morgan fingerprint density at radius 2 is 1.59 bits per heavy atom. The second kappa shape index (κ2) is 15.7. The van der Waals surface area contributed by atoms with Crippen molar-refractivity contribution in [3.8, 4) is 0 Å². The molecule has 46 heavy (non-hydrogen) atoms. The van der Waals surface area contributed by atoms with Gasteiger partial charge in [0.25, 0.3) is 5.69 Å². The standard InChI is InChI=1S/C37H44N4O5/c1-3-20-40(37(43)46-27-29-14-16-33(17-15-29)41(44)45)32-18-21-39(22-19-32)26-31-24-34(25-35(31)30-12-8-5-9-13-30)38(2)36(42)23-28-10-6-4-7-11-28/h3-17,31-32,34-35H,1,18-27H2,2H3. The van der Waals surface area contributed by atoms with Gasteiger partial charge in [-0.25, -0.2) is 4.79 Å². The Hall–Kier alpha value is -4.50. The summed E-state index contributed by atoms with van der Waals surface area (Å²) in [5.74, 6) is 0.960. The van der Waals surface area contributed by atoms with Crippen molar-refractivity contribution in [2.75, 3.05) is 33.2 Å². The van der Waals surface area contributed by atoms with Crippen molar-refractivity contribution in [1.29, 1.82) is 0 Å². The summed E-state index contributed by atoms with van der Waals surface area (Å²) in [6, 6.07) is 26.9. The zero-order valence-corrected chi connectivity index (χ0v) is 26.6. The molecule has 3 aromatic rings. The first kappa shape index (κ1) is 32.9. The van der Waals surface area contributed by atoms with Gasteiger partial charge in [0.1, 0.15) is 6.61 Å². The van der Waals surface area contributed by atoms with Crippen LogP contribution in [0.2, 0.25) is 0 Å². The van der Waals surface area contributed by atoms with Crippen LogP contribution in [0.3, 0.4) is 0 Å². The number of nitro benzene ring substituents is 1. The number of carbonyl (C=O) groups is 2. The van der Waals surface area contributed by atoms with Gasteiger partial charge in [-0.1, -0.05) is 66.7 Å². The quantitative estimate of drug-likeness (QED) is 0.131. The summed E-state index contributed by atoms with van der Waals surface area (Å²) in [5, 5.41) is 10.9. The topological polar surface area (TPSA) is 96.2 Å². The van der Waals surface area contributed by atoms with Crippen LogP contribution in [0, 0.1) is 16.0 Å². The molecular weight excluding hydrogens is 580 g/mol. The molecule has 0 N–H and O–H groups in total. The summed E-state index contributed by atoms with van der Waals surface area (Å²) >= 11 is 0. The molecule has 1 aliphatic carbocycles. The number of hydrogen-bond acceptors (Lipinski definition) is 6. The summed E-state index contributed by atoms with van der Waals surface area (Å²) in [7, 11) is 1.96. The molecule has 1 aliphatic heterocycles. The Labute approximate surface area is 271 Å². The average molecular weight is 625 g/mol. The van der Waals surface area contributed by atoms with Crippen LogP contribution in [0.25, 0.3) is 0 Å². The lowest BCUT2D eigenvalue weighted by Crippen LogP contribution is -2.48. The highest BCUT2D eigenvalue weighted by Gasteiger charge is 2.39. The van der Waals surface area contributed by atoms with Gasteiger partial charge in [-0.3, -0.25) is 14.9 Å². The molecule has 3 aromatic carbocycles. The molecule has 3 unspecified atom stereocenters. The number of likely N-dealkylation sites (N-methyl/N-ethyl adjacent to an activating group) is 1. The fourth-order valence-corrected chi connectivity index (χ4v) is 7.02. The zero-order chi connectivity index (χ0) is 32.5. The van der Waals surface area contributed by atoms with E-state index in [0.717, 1.165) is 50.9 Å². The van der Waals surface area contributed by atoms with Gasteiger partial charge in [0.05, 0.1) is 11.3 Å². The zero-order valence-electron chi connectivity index (χ0n) is 26.6. The van der Waals surface area contributed by atoms with Gasteiger partial charge in [-0.05, 0) is 66.3 Å². The molecule has 242 valence electrons. The second-order valence-electron chi connectivity index (χ2n) is 12.5. The largest absolute Gasteiger partial charge is 0.445 e. The summed E-state index contributed by atoms with van der Waals surface area (Å²) in [5.41, 5.74) is 3.07. The molecule has 0 bridgehead atoms. The van der Waals surface area contributed by atoms with E-state index >= 15 is 0 Å². The van der Waals surface area contributed by atoms with E-state index in [1.807, 2.05) is 42.3 Å². The van der Waals surface area contributed by atoms with Crippen LogP contribution >= 0.6 is 0 Å². The fourth-order valence-electron chi connectivity index (χ4n) is 7.02.